The highest BCUT2D eigenvalue weighted by Gasteiger charge is 2.24. The van der Waals surface area contributed by atoms with Gasteiger partial charge in [-0.25, -0.2) is 13.1 Å². The van der Waals surface area contributed by atoms with Gasteiger partial charge in [0.25, 0.3) is 5.91 Å². The van der Waals surface area contributed by atoms with Crippen LogP contribution in [-0.4, -0.2) is 39.4 Å². The Hall–Kier alpha value is -2.09. The van der Waals surface area contributed by atoms with E-state index in [1.165, 1.54) is 19.2 Å². The van der Waals surface area contributed by atoms with E-state index in [0.717, 1.165) is 18.4 Å². The van der Waals surface area contributed by atoms with Crippen molar-refractivity contribution < 1.29 is 17.9 Å². The van der Waals surface area contributed by atoms with Crippen LogP contribution in [-0.2, 0) is 16.6 Å². The van der Waals surface area contributed by atoms with E-state index in [2.05, 4.69) is 4.72 Å². The van der Waals surface area contributed by atoms with Crippen LogP contribution in [0.1, 0.15) is 28.8 Å². The van der Waals surface area contributed by atoms with Gasteiger partial charge in [0.15, 0.2) is 0 Å². The minimum absolute atomic E-state index is 0.0518. The molecule has 0 bridgehead atoms. The topological polar surface area (TPSA) is 75.7 Å². The molecule has 0 radical (unpaired) electrons. The number of methoxy groups -OCH3 is 1. The zero-order chi connectivity index (χ0) is 19.4. The van der Waals surface area contributed by atoms with E-state index in [1.807, 2.05) is 0 Å². The molecule has 0 aromatic heterocycles. The Kier molecular flexibility index (Phi) is 6.04. The molecule has 144 valence electrons. The SMILES string of the molecule is COc1ccc(C(=O)N2CCCC2)cc1S(=O)(=O)NCc1ccc(Cl)cc1. The number of halogens is 1. The van der Waals surface area contributed by atoms with Crippen molar-refractivity contribution in [2.24, 2.45) is 0 Å². The Labute approximate surface area is 164 Å². The van der Waals surface area contributed by atoms with Crippen LogP contribution in [0, 0.1) is 0 Å². The molecule has 0 spiro atoms. The number of ether oxygens (including phenoxy) is 1. The van der Waals surface area contributed by atoms with E-state index in [1.54, 1.807) is 35.2 Å². The Morgan fingerprint density at radius 3 is 2.44 bits per heavy atom. The standard InChI is InChI=1S/C19H21ClN2O4S/c1-26-17-9-6-15(19(23)22-10-2-3-11-22)12-18(17)27(24,25)21-13-14-4-7-16(20)8-5-14/h4-9,12,21H,2-3,10-11,13H2,1H3. The molecule has 0 atom stereocenters. The second-order valence-electron chi connectivity index (χ2n) is 6.32. The molecule has 8 heteroatoms. The Morgan fingerprint density at radius 1 is 1.15 bits per heavy atom. The second kappa shape index (κ2) is 8.29. The lowest BCUT2D eigenvalue weighted by Crippen LogP contribution is -2.28. The maximum absolute atomic E-state index is 12.8. The van der Waals surface area contributed by atoms with E-state index < -0.39 is 10.0 Å². The molecule has 3 rings (SSSR count). The summed E-state index contributed by atoms with van der Waals surface area (Å²) in [5.41, 5.74) is 1.11. The molecule has 1 amide bonds. The first-order chi connectivity index (χ1) is 12.9. The summed E-state index contributed by atoms with van der Waals surface area (Å²) in [4.78, 5) is 14.3. The van der Waals surface area contributed by atoms with Crippen LogP contribution in [0.2, 0.25) is 5.02 Å². The van der Waals surface area contributed by atoms with Gasteiger partial charge in [0.05, 0.1) is 7.11 Å². The summed E-state index contributed by atoms with van der Waals surface area (Å²) in [6.45, 7) is 1.50. The van der Waals surface area contributed by atoms with Crippen molar-refractivity contribution in [2.75, 3.05) is 20.2 Å². The minimum Gasteiger partial charge on any atom is -0.495 e. The average Bonchev–Trinajstić information content (AvgIpc) is 3.21. The summed E-state index contributed by atoms with van der Waals surface area (Å²) in [5, 5.41) is 0.580. The zero-order valence-corrected chi connectivity index (χ0v) is 16.5. The molecule has 1 fully saturated rings. The summed E-state index contributed by atoms with van der Waals surface area (Å²) in [6.07, 6.45) is 1.94. The van der Waals surface area contributed by atoms with Crippen molar-refractivity contribution in [3.8, 4) is 5.75 Å². The number of nitrogens with zero attached hydrogens (tertiary/aromatic N) is 1. The van der Waals surface area contributed by atoms with E-state index in [0.29, 0.717) is 23.7 Å². The van der Waals surface area contributed by atoms with Gasteiger partial charge < -0.3 is 9.64 Å². The fraction of sp³-hybridized carbons (Fsp3) is 0.316. The van der Waals surface area contributed by atoms with Crippen LogP contribution in [0.5, 0.6) is 5.75 Å². The molecule has 1 aliphatic rings. The second-order valence-corrected chi connectivity index (χ2v) is 8.49. The third-order valence-corrected chi connectivity index (χ3v) is 6.15. The predicted octanol–water partition coefficient (Wildman–Crippen LogP) is 3.06. The maximum atomic E-state index is 12.8. The molecule has 0 aliphatic carbocycles. The van der Waals surface area contributed by atoms with Crippen molar-refractivity contribution in [1.29, 1.82) is 0 Å². The third kappa shape index (κ3) is 4.61. The molecule has 2 aromatic carbocycles. The molecular weight excluding hydrogens is 388 g/mol. The first kappa shape index (κ1) is 19.7. The number of sulfonamides is 1. The number of nitrogens with one attached hydrogen (secondary N) is 1. The van der Waals surface area contributed by atoms with Gasteiger partial charge in [-0.15, -0.1) is 0 Å². The predicted molar refractivity (Wildman–Crippen MR) is 104 cm³/mol. The van der Waals surface area contributed by atoms with Crippen molar-refractivity contribution in [2.45, 2.75) is 24.3 Å². The largest absolute Gasteiger partial charge is 0.495 e. The molecule has 2 aromatic rings. The normalized spacial score (nSPS) is 14.4. The van der Waals surface area contributed by atoms with Gasteiger partial charge in [-0.3, -0.25) is 4.79 Å². The molecule has 0 saturated carbocycles. The van der Waals surface area contributed by atoms with Crippen LogP contribution in [0.15, 0.2) is 47.4 Å². The maximum Gasteiger partial charge on any atom is 0.253 e. The molecule has 0 unspecified atom stereocenters. The fourth-order valence-electron chi connectivity index (χ4n) is 2.98. The summed E-state index contributed by atoms with van der Waals surface area (Å²) >= 11 is 5.85. The lowest BCUT2D eigenvalue weighted by atomic mass is 10.2. The highest BCUT2D eigenvalue weighted by Crippen LogP contribution is 2.26. The van der Waals surface area contributed by atoms with Gasteiger partial charge in [-0.1, -0.05) is 23.7 Å². The number of hydrogen-bond acceptors (Lipinski definition) is 4. The quantitative estimate of drug-likeness (QED) is 0.797. The molecule has 6 nitrogen and oxygen atoms in total. The first-order valence-electron chi connectivity index (χ1n) is 8.62. The van der Waals surface area contributed by atoms with Gasteiger partial charge >= 0.3 is 0 Å². The van der Waals surface area contributed by atoms with Crippen LogP contribution in [0.25, 0.3) is 0 Å². The van der Waals surface area contributed by atoms with Gasteiger partial charge in [0, 0.05) is 30.2 Å². The monoisotopic (exact) mass is 408 g/mol. The van der Waals surface area contributed by atoms with Crippen LogP contribution < -0.4 is 9.46 Å². The Morgan fingerprint density at radius 2 is 1.81 bits per heavy atom. The number of likely N-dealkylation sites (tertiary alicyclic amines) is 1. The number of benzene rings is 2. The molecule has 1 N–H and O–H groups in total. The Bertz CT molecular complexity index is 923. The highest BCUT2D eigenvalue weighted by atomic mass is 35.5. The number of amides is 1. The minimum atomic E-state index is -3.87. The lowest BCUT2D eigenvalue weighted by Gasteiger charge is -2.17. The fourth-order valence-corrected chi connectivity index (χ4v) is 4.32. The summed E-state index contributed by atoms with van der Waals surface area (Å²) in [6, 6.07) is 11.4. The molecule has 1 saturated heterocycles. The van der Waals surface area contributed by atoms with Crippen molar-refractivity contribution >= 4 is 27.5 Å². The van der Waals surface area contributed by atoms with Crippen molar-refractivity contribution in [3.63, 3.8) is 0 Å². The smallest absolute Gasteiger partial charge is 0.253 e. The van der Waals surface area contributed by atoms with E-state index >= 15 is 0 Å². The highest BCUT2D eigenvalue weighted by molar-refractivity contribution is 7.89. The molecule has 1 heterocycles. The summed E-state index contributed by atoms with van der Waals surface area (Å²) in [7, 11) is -2.47. The van der Waals surface area contributed by atoms with E-state index in [-0.39, 0.29) is 23.1 Å². The van der Waals surface area contributed by atoms with Crippen molar-refractivity contribution in [3.05, 3.63) is 58.6 Å². The van der Waals surface area contributed by atoms with Gasteiger partial charge in [-0.2, -0.15) is 0 Å². The number of hydrogen-bond donors (Lipinski definition) is 1. The lowest BCUT2D eigenvalue weighted by molar-refractivity contribution is 0.0792. The molecule has 1 aliphatic heterocycles. The van der Waals surface area contributed by atoms with Crippen LogP contribution in [0.4, 0.5) is 0 Å². The number of rotatable bonds is 6. The van der Waals surface area contributed by atoms with E-state index in [9.17, 15) is 13.2 Å². The molecular formula is C19H21ClN2O4S. The third-order valence-electron chi connectivity index (χ3n) is 4.47. The van der Waals surface area contributed by atoms with Crippen LogP contribution in [0.3, 0.4) is 0 Å². The zero-order valence-electron chi connectivity index (χ0n) is 14.9. The number of carbonyl (C=O) groups is 1. The van der Waals surface area contributed by atoms with Gasteiger partial charge in [0.1, 0.15) is 10.6 Å². The van der Waals surface area contributed by atoms with E-state index in [4.69, 9.17) is 16.3 Å². The summed E-state index contributed by atoms with van der Waals surface area (Å²) in [5.74, 6) is 0.0286. The summed E-state index contributed by atoms with van der Waals surface area (Å²) < 4.78 is 33.4. The van der Waals surface area contributed by atoms with Gasteiger partial charge in [-0.05, 0) is 48.7 Å². The number of carbonyl (C=O) groups excluding carboxylic acids is 1. The average molecular weight is 409 g/mol. The van der Waals surface area contributed by atoms with Crippen molar-refractivity contribution in [1.82, 2.24) is 9.62 Å². The first-order valence-corrected chi connectivity index (χ1v) is 10.5. The molecule has 27 heavy (non-hydrogen) atoms. The Balaban J connectivity index is 1.84. The van der Waals surface area contributed by atoms with Crippen LogP contribution >= 0.6 is 11.6 Å². The van der Waals surface area contributed by atoms with Gasteiger partial charge in [0.2, 0.25) is 10.0 Å².